The van der Waals surface area contributed by atoms with Gasteiger partial charge in [0.15, 0.2) is 0 Å². The first-order valence-electron chi connectivity index (χ1n) is 7.94. The van der Waals surface area contributed by atoms with Crippen LogP contribution in [0.1, 0.15) is 20.7 Å². The van der Waals surface area contributed by atoms with Crippen LogP contribution in [0.2, 0.25) is 0 Å². The van der Waals surface area contributed by atoms with Crippen LogP contribution < -0.4 is 4.74 Å². The molecule has 0 bridgehead atoms. The van der Waals surface area contributed by atoms with Gasteiger partial charge in [-0.25, -0.2) is 0 Å². The van der Waals surface area contributed by atoms with E-state index in [9.17, 15) is 9.59 Å². The van der Waals surface area contributed by atoms with Gasteiger partial charge >= 0.3 is 0 Å². The number of methoxy groups -OCH3 is 1. The lowest BCUT2D eigenvalue weighted by atomic mass is 10.1. The molecule has 0 radical (unpaired) electrons. The molecule has 0 heterocycles. The summed E-state index contributed by atoms with van der Waals surface area (Å²) in [6.45, 7) is 3.49. The molecule has 0 spiro atoms. The summed E-state index contributed by atoms with van der Waals surface area (Å²) in [6, 6.07) is 4.18. The van der Waals surface area contributed by atoms with Gasteiger partial charge in [-0.15, -0.1) is 0 Å². The SMILES string of the molecule is COCCOCCOCCOCCOc1cc(C(=O)Cl)cc(C(=O)Cl)c1. The molecular weight excluding hydrogens is 387 g/mol. The number of halogens is 2. The van der Waals surface area contributed by atoms with Crippen LogP contribution in [-0.2, 0) is 18.9 Å². The number of benzene rings is 1. The van der Waals surface area contributed by atoms with E-state index in [0.717, 1.165) is 0 Å². The Labute approximate surface area is 162 Å². The first kappa shape index (κ1) is 22.8. The minimum Gasteiger partial charge on any atom is -0.491 e. The van der Waals surface area contributed by atoms with Gasteiger partial charge in [0.25, 0.3) is 10.5 Å². The van der Waals surface area contributed by atoms with Crippen molar-refractivity contribution >= 4 is 33.7 Å². The summed E-state index contributed by atoms with van der Waals surface area (Å²) in [6.07, 6.45) is 0. The molecule has 26 heavy (non-hydrogen) atoms. The normalized spacial score (nSPS) is 10.7. The fourth-order valence-corrected chi connectivity index (χ4v) is 2.03. The molecular formula is C17H22Cl2O7. The molecule has 0 aliphatic carbocycles. The van der Waals surface area contributed by atoms with Gasteiger partial charge in [0.1, 0.15) is 12.4 Å². The van der Waals surface area contributed by atoms with E-state index in [1.807, 2.05) is 0 Å². The van der Waals surface area contributed by atoms with Crippen LogP contribution in [0.5, 0.6) is 5.75 Å². The van der Waals surface area contributed by atoms with Gasteiger partial charge in [-0.3, -0.25) is 9.59 Å². The first-order valence-corrected chi connectivity index (χ1v) is 8.70. The molecule has 0 saturated heterocycles. The molecule has 0 aliphatic rings. The van der Waals surface area contributed by atoms with E-state index < -0.39 is 10.5 Å². The summed E-state index contributed by atoms with van der Waals surface area (Å²) in [5.41, 5.74) is 0.269. The largest absolute Gasteiger partial charge is 0.491 e. The van der Waals surface area contributed by atoms with Crippen LogP contribution in [-0.4, -0.2) is 70.4 Å². The molecule has 1 aromatic rings. The highest BCUT2D eigenvalue weighted by Gasteiger charge is 2.11. The first-order chi connectivity index (χ1) is 12.5. The molecule has 0 unspecified atom stereocenters. The maximum Gasteiger partial charge on any atom is 0.252 e. The molecule has 0 atom stereocenters. The lowest BCUT2D eigenvalue weighted by Crippen LogP contribution is -2.13. The zero-order valence-corrected chi connectivity index (χ0v) is 16.0. The number of hydrogen-bond donors (Lipinski definition) is 0. The van der Waals surface area contributed by atoms with Crippen LogP contribution >= 0.6 is 23.2 Å². The standard InChI is InChI=1S/C17H22Cl2O7/c1-22-2-3-23-4-5-24-6-7-25-8-9-26-15-11-13(16(18)20)10-14(12-15)17(19)21/h10-12H,2-9H2,1H3. The molecule has 0 aliphatic heterocycles. The molecule has 146 valence electrons. The maximum atomic E-state index is 11.2. The van der Waals surface area contributed by atoms with Gasteiger partial charge in [0.05, 0.1) is 46.2 Å². The van der Waals surface area contributed by atoms with Crippen LogP contribution in [0.15, 0.2) is 18.2 Å². The Balaban J connectivity index is 2.16. The summed E-state index contributed by atoms with van der Waals surface area (Å²) in [7, 11) is 1.62. The minimum absolute atomic E-state index is 0.134. The quantitative estimate of drug-likeness (QED) is 0.325. The number of ether oxygens (including phenoxy) is 5. The second-order valence-electron chi connectivity index (χ2n) is 4.97. The Kier molecular flexibility index (Phi) is 12.2. The third-order valence-corrected chi connectivity index (χ3v) is 3.47. The van der Waals surface area contributed by atoms with Crippen molar-refractivity contribution in [2.45, 2.75) is 0 Å². The van der Waals surface area contributed by atoms with Crippen LogP contribution in [0.4, 0.5) is 0 Å². The van der Waals surface area contributed by atoms with E-state index >= 15 is 0 Å². The lowest BCUT2D eigenvalue weighted by molar-refractivity contribution is 0.000161. The number of carbonyl (C=O) groups excluding carboxylic acids is 2. The van der Waals surface area contributed by atoms with Crippen LogP contribution in [0, 0.1) is 0 Å². The molecule has 0 amide bonds. The summed E-state index contributed by atoms with van der Waals surface area (Å²) in [4.78, 5) is 22.5. The van der Waals surface area contributed by atoms with Gasteiger partial charge in [0, 0.05) is 18.2 Å². The van der Waals surface area contributed by atoms with Crippen LogP contribution in [0.25, 0.3) is 0 Å². The van der Waals surface area contributed by atoms with E-state index in [1.54, 1.807) is 7.11 Å². The Morgan fingerprint density at radius 1 is 0.731 bits per heavy atom. The summed E-state index contributed by atoms with van der Waals surface area (Å²) in [5, 5.41) is -1.40. The highest BCUT2D eigenvalue weighted by atomic mass is 35.5. The van der Waals surface area contributed by atoms with Crippen molar-refractivity contribution in [1.29, 1.82) is 0 Å². The zero-order valence-electron chi connectivity index (χ0n) is 14.5. The smallest absolute Gasteiger partial charge is 0.252 e. The fraction of sp³-hybridized carbons (Fsp3) is 0.529. The molecule has 0 aromatic heterocycles. The van der Waals surface area contributed by atoms with Crippen molar-refractivity contribution in [3.05, 3.63) is 29.3 Å². The molecule has 0 fully saturated rings. The zero-order chi connectivity index (χ0) is 19.2. The van der Waals surface area contributed by atoms with Crippen molar-refractivity contribution in [3.63, 3.8) is 0 Å². The van der Waals surface area contributed by atoms with E-state index in [4.69, 9.17) is 46.9 Å². The summed E-state index contributed by atoms with van der Waals surface area (Å²) in [5.74, 6) is 0.313. The Morgan fingerprint density at radius 2 is 1.15 bits per heavy atom. The molecule has 9 heteroatoms. The predicted octanol–water partition coefficient (Wildman–Crippen LogP) is 2.52. The second-order valence-corrected chi connectivity index (χ2v) is 5.66. The summed E-state index contributed by atoms with van der Waals surface area (Å²) < 4.78 is 26.2. The van der Waals surface area contributed by atoms with E-state index in [-0.39, 0.29) is 17.7 Å². The molecule has 0 saturated carbocycles. The molecule has 1 rings (SSSR count). The fourth-order valence-electron chi connectivity index (χ4n) is 1.81. The average molecular weight is 409 g/mol. The van der Waals surface area contributed by atoms with Crippen LogP contribution in [0.3, 0.4) is 0 Å². The third-order valence-electron chi connectivity index (χ3n) is 3.03. The average Bonchev–Trinajstić information content (AvgIpc) is 2.62. The van der Waals surface area contributed by atoms with Gasteiger partial charge in [-0.2, -0.15) is 0 Å². The molecule has 7 nitrogen and oxygen atoms in total. The highest BCUT2D eigenvalue weighted by Crippen LogP contribution is 2.20. The number of rotatable bonds is 15. The minimum atomic E-state index is -0.700. The topological polar surface area (TPSA) is 80.3 Å². The predicted molar refractivity (Wildman–Crippen MR) is 96.6 cm³/mol. The van der Waals surface area contributed by atoms with Gasteiger partial charge in [-0.1, -0.05) is 0 Å². The lowest BCUT2D eigenvalue weighted by Gasteiger charge is -2.09. The van der Waals surface area contributed by atoms with E-state index in [2.05, 4.69) is 0 Å². The number of hydrogen-bond acceptors (Lipinski definition) is 7. The van der Waals surface area contributed by atoms with Crippen molar-refractivity contribution in [1.82, 2.24) is 0 Å². The van der Waals surface area contributed by atoms with Crippen molar-refractivity contribution in [2.24, 2.45) is 0 Å². The third kappa shape index (κ3) is 10.1. The Hall–Kier alpha value is -1.22. The maximum absolute atomic E-state index is 11.2. The van der Waals surface area contributed by atoms with Crippen molar-refractivity contribution in [3.8, 4) is 5.75 Å². The van der Waals surface area contributed by atoms with Gasteiger partial charge in [-0.05, 0) is 41.4 Å². The van der Waals surface area contributed by atoms with Gasteiger partial charge in [0.2, 0.25) is 0 Å². The second kappa shape index (κ2) is 13.9. The van der Waals surface area contributed by atoms with Crippen molar-refractivity contribution in [2.75, 3.05) is 60.0 Å². The van der Waals surface area contributed by atoms with E-state index in [1.165, 1.54) is 18.2 Å². The Morgan fingerprint density at radius 3 is 1.58 bits per heavy atom. The van der Waals surface area contributed by atoms with Gasteiger partial charge < -0.3 is 23.7 Å². The van der Waals surface area contributed by atoms with E-state index in [0.29, 0.717) is 52.0 Å². The number of carbonyl (C=O) groups is 2. The monoisotopic (exact) mass is 408 g/mol. The van der Waals surface area contributed by atoms with Crippen molar-refractivity contribution < 1.29 is 33.3 Å². The Bertz CT molecular complexity index is 534. The molecule has 1 aromatic carbocycles. The summed E-state index contributed by atoms with van der Waals surface area (Å²) >= 11 is 10.9. The molecule has 0 N–H and O–H groups in total. The highest BCUT2D eigenvalue weighted by molar-refractivity contribution is 6.69.